The number of halogens is 1. The number of hydrogen-bond donors (Lipinski definition) is 3. The van der Waals surface area contributed by atoms with E-state index in [1.807, 2.05) is 55.5 Å². The second kappa shape index (κ2) is 10.5. The summed E-state index contributed by atoms with van der Waals surface area (Å²) in [5, 5.41) is 10.2. The number of amides is 1. The molecular weight excluding hydrogens is 348 g/mol. The summed E-state index contributed by atoms with van der Waals surface area (Å²) in [5.41, 5.74) is 3.05. The third-order valence-electron chi connectivity index (χ3n) is 3.77. The molecule has 6 heteroatoms. The largest absolute Gasteiger partial charge is 0.352 e. The summed E-state index contributed by atoms with van der Waals surface area (Å²) >= 11 is 5.89. The summed E-state index contributed by atoms with van der Waals surface area (Å²) in [6.45, 7) is 3.30. The lowest BCUT2D eigenvalue weighted by molar-refractivity contribution is -0.116. The molecule has 138 valence electrons. The van der Waals surface area contributed by atoms with E-state index in [4.69, 9.17) is 11.6 Å². The fourth-order valence-corrected chi connectivity index (χ4v) is 2.48. The molecule has 0 aliphatic carbocycles. The van der Waals surface area contributed by atoms with Crippen LogP contribution in [0.25, 0.3) is 0 Å². The Hall–Kier alpha value is -2.53. The van der Waals surface area contributed by atoms with Crippen LogP contribution in [0.2, 0.25) is 5.02 Å². The van der Waals surface area contributed by atoms with Crippen molar-refractivity contribution in [2.24, 2.45) is 4.99 Å². The zero-order chi connectivity index (χ0) is 18.8. The van der Waals surface area contributed by atoms with E-state index in [1.165, 1.54) is 0 Å². The van der Waals surface area contributed by atoms with Crippen LogP contribution < -0.4 is 16.0 Å². The molecular formula is C20H25ClN4O. The van der Waals surface area contributed by atoms with Crippen molar-refractivity contribution in [2.75, 3.05) is 12.4 Å². The van der Waals surface area contributed by atoms with E-state index in [0.717, 1.165) is 34.2 Å². The van der Waals surface area contributed by atoms with Gasteiger partial charge in [-0.2, -0.15) is 0 Å². The Morgan fingerprint density at radius 1 is 0.962 bits per heavy atom. The van der Waals surface area contributed by atoms with Gasteiger partial charge in [0.15, 0.2) is 5.96 Å². The summed E-state index contributed by atoms with van der Waals surface area (Å²) in [6.07, 6.45) is 1.38. The molecule has 26 heavy (non-hydrogen) atoms. The van der Waals surface area contributed by atoms with E-state index in [1.54, 1.807) is 7.05 Å². The second-order valence-corrected chi connectivity index (χ2v) is 6.34. The summed E-state index contributed by atoms with van der Waals surface area (Å²) in [7, 11) is 1.74. The zero-order valence-electron chi connectivity index (χ0n) is 15.2. The minimum atomic E-state index is 0.0465. The van der Waals surface area contributed by atoms with Crippen molar-refractivity contribution in [1.29, 1.82) is 0 Å². The fourth-order valence-electron chi connectivity index (χ4n) is 2.35. The Bertz CT molecular complexity index is 726. The van der Waals surface area contributed by atoms with E-state index < -0.39 is 0 Å². The van der Waals surface area contributed by atoms with Crippen LogP contribution in [0.15, 0.2) is 53.5 Å². The molecule has 2 rings (SSSR count). The second-order valence-electron chi connectivity index (χ2n) is 5.90. The summed E-state index contributed by atoms with van der Waals surface area (Å²) < 4.78 is 0. The first-order valence-electron chi connectivity index (χ1n) is 8.68. The highest BCUT2D eigenvalue weighted by atomic mass is 35.5. The number of anilines is 1. The van der Waals surface area contributed by atoms with Crippen LogP contribution in [-0.2, 0) is 17.9 Å². The number of nitrogens with zero attached hydrogens (tertiary/aromatic N) is 1. The fraction of sp³-hybridized carbons (Fsp3) is 0.300. The predicted octanol–water partition coefficient (Wildman–Crippen LogP) is 3.94. The zero-order valence-corrected chi connectivity index (χ0v) is 15.9. The summed E-state index contributed by atoms with van der Waals surface area (Å²) in [6, 6.07) is 15.5. The van der Waals surface area contributed by atoms with E-state index >= 15 is 0 Å². The van der Waals surface area contributed by atoms with Crippen molar-refractivity contribution in [1.82, 2.24) is 10.6 Å². The van der Waals surface area contributed by atoms with Gasteiger partial charge in [-0.05, 0) is 41.8 Å². The first-order valence-corrected chi connectivity index (χ1v) is 9.06. The van der Waals surface area contributed by atoms with Crippen molar-refractivity contribution >= 4 is 29.2 Å². The van der Waals surface area contributed by atoms with Gasteiger partial charge in [0.05, 0.1) is 0 Å². The monoisotopic (exact) mass is 372 g/mol. The lowest BCUT2D eigenvalue weighted by atomic mass is 10.2. The van der Waals surface area contributed by atoms with Crippen molar-refractivity contribution in [3.8, 4) is 0 Å². The highest BCUT2D eigenvalue weighted by molar-refractivity contribution is 6.30. The Balaban J connectivity index is 1.80. The molecule has 2 aromatic rings. The Kier molecular flexibility index (Phi) is 7.96. The van der Waals surface area contributed by atoms with Gasteiger partial charge in [-0.15, -0.1) is 0 Å². The molecule has 1 amide bonds. The number of benzene rings is 2. The molecule has 0 atom stereocenters. The molecule has 0 saturated heterocycles. The van der Waals surface area contributed by atoms with E-state index in [9.17, 15) is 4.79 Å². The first kappa shape index (κ1) is 19.8. The molecule has 2 aromatic carbocycles. The number of aliphatic imine (C=N–C) groups is 1. The molecule has 0 heterocycles. The maximum Gasteiger partial charge on any atom is 0.224 e. The standard InChI is InChI=1S/C20H25ClN4O/c1-3-4-19(26)25-18-11-7-16(8-12-18)14-24-20(22-2)23-13-15-5-9-17(21)10-6-15/h5-12H,3-4,13-14H2,1-2H3,(H,25,26)(H2,22,23,24). The van der Waals surface area contributed by atoms with Crippen molar-refractivity contribution < 1.29 is 4.79 Å². The SMILES string of the molecule is CCCC(=O)Nc1ccc(CNC(=NC)NCc2ccc(Cl)cc2)cc1. The van der Waals surface area contributed by atoms with Crippen LogP contribution in [0.4, 0.5) is 5.69 Å². The lowest BCUT2D eigenvalue weighted by Crippen LogP contribution is -2.36. The van der Waals surface area contributed by atoms with E-state index in [-0.39, 0.29) is 5.91 Å². The first-order chi connectivity index (χ1) is 12.6. The molecule has 0 aromatic heterocycles. The smallest absolute Gasteiger partial charge is 0.224 e. The summed E-state index contributed by atoms with van der Waals surface area (Å²) in [5.74, 6) is 0.769. The molecule has 0 aliphatic heterocycles. The third kappa shape index (κ3) is 6.76. The number of rotatable bonds is 7. The van der Waals surface area contributed by atoms with Gasteiger partial charge in [-0.25, -0.2) is 0 Å². The number of nitrogens with one attached hydrogen (secondary N) is 3. The number of hydrogen-bond acceptors (Lipinski definition) is 2. The van der Waals surface area contributed by atoms with Crippen LogP contribution in [-0.4, -0.2) is 18.9 Å². The van der Waals surface area contributed by atoms with Crippen LogP contribution in [0, 0.1) is 0 Å². The van der Waals surface area contributed by atoms with Gasteiger partial charge < -0.3 is 16.0 Å². The molecule has 3 N–H and O–H groups in total. The Labute approximate surface area is 159 Å². The van der Waals surface area contributed by atoms with Gasteiger partial charge in [0.1, 0.15) is 0 Å². The predicted molar refractivity (Wildman–Crippen MR) is 108 cm³/mol. The molecule has 0 spiro atoms. The molecule has 0 fully saturated rings. The van der Waals surface area contributed by atoms with Gasteiger partial charge >= 0.3 is 0 Å². The van der Waals surface area contributed by atoms with Gasteiger partial charge in [0, 0.05) is 37.3 Å². The van der Waals surface area contributed by atoms with E-state index in [2.05, 4.69) is 20.9 Å². The number of carbonyl (C=O) groups excluding carboxylic acids is 1. The van der Waals surface area contributed by atoms with Crippen LogP contribution >= 0.6 is 11.6 Å². The highest BCUT2D eigenvalue weighted by Crippen LogP contribution is 2.11. The van der Waals surface area contributed by atoms with Crippen LogP contribution in [0.1, 0.15) is 30.9 Å². The molecule has 5 nitrogen and oxygen atoms in total. The minimum absolute atomic E-state index is 0.0465. The maximum atomic E-state index is 11.6. The molecule has 0 bridgehead atoms. The number of carbonyl (C=O) groups is 1. The van der Waals surface area contributed by atoms with Crippen molar-refractivity contribution in [3.05, 3.63) is 64.7 Å². The molecule has 0 unspecified atom stereocenters. The van der Waals surface area contributed by atoms with Crippen molar-refractivity contribution in [3.63, 3.8) is 0 Å². The highest BCUT2D eigenvalue weighted by Gasteiger charge is 2.02. The van der Waals surface area contributed by atoms with Gasteiger partial charge in [-0.3, -0.25) is 9.79 Å². The van der Waals surface area contributed by atoms with Gasteiger partial charge in [-0.1, -0.05) is 42.8 Å². The maximum absolute atomic E-state index is 11.6. The summed E-state index contributed by atoms with van der Waals surface area (Å²) in [4.78, 5) is 15.8. The average molecular weight is 373 g/mol. The van der Waals surface area contributed by atoms with Gasteiger partial charge in [0.2, 0.25) is 5.91 Å². The van der Waals surface area contributed by atoms with Crippen LogP contribution in [0.3, 0.4) is 0 Å². The molecule has 0 radical (unpaired) electrons. The third-order valence-corrected chi connectivity index (χ3v) is 4.02. The minimum Gasteiger partial charge on any atom is -0.352 e. The number of guanidine groups is 1. The topological polar surface area (TPSA) is 65.5 Å². The Morgan fingerprint density at radius 2 is 1.50 bits per heavy atom. The Morgan fingerprint density at radius 3 is 2.00 bits per heavy atom. The molecule has 0 saturated carbocycles. The van der Waals surface area contributed by atoms with Gasteiger partial charge in [0.25, 0.3) is 0 Å². The quantitative estimate of drug-likeness (QED) is 0.509. The van der Waals surface area contributed by atoms with Crippen LogP contribution in [0.5, 0.6) is 0 Å². The lowest BCUT2D eigenvalue weighted by Gasteiger charge is -2.12. The van der Waals surface area contributed by atoms with Crippen molar-refractivity contribution in [2.45, 2.75) is 32.9 Å². The normalized spacial score (nSPS) is 11.1. The average Bonchev–Trinajstić information content (AvgIpc) is 2.65. The molecule has 0 aliphatic rings. The van der Waals surface area contributed by atoms with E-state index in [0.29, 0.717) is 19.5 Å².